The zero-order valence-corrected chi connectivity index (χ0v) is 16.5. The third-order valence-corrected chi connectivity index (χ3v) is 5.71. The third kappa shape index (κ3) is 5.61. The number of thioether (sulfide) groups is 1. The number of halogens is 3. The van der Waals surface area contributed by atoms with E-state index in [0.29, 0.717) is 0 Å². The van der Waals surface area contributed by atoms with Crippen LogP contribution in [0.3, 0.4) is 0 Å². The fourth-order valence-corrected chi connectivity index (χ4v) is 4.15. The van der Waals surface area contributed by atoms with Crippen LogP contribution in [0.25, 0.3) is 0 Å². The van der Waals surface area contributed by atoms with Crippen molar-refractivity contribution in [2.45, 2.75) is 29.0 Å². The Balaban J connectivity index is 0.00000243. The molecule has 0 saturated carbocycles. The molecule has 0 spiro atoms. The van der Waals surface area contributed by atoms with Gasteiger partial charge in [-0.3, -0.25) is 4.79 Å². The molecule has 0 radical (unpaired) electrons. The van der Waals surface area contributed by atoms with Crippen LogP contribution in [0, 0.1) is 5.82 Å². The molecule has 3 nitrogen and oxygen atoms in total. The monoisotopic (exact) mass is 414 g/mol. The molecule has 2 aromatic carbocycles. The number of rotatable bonds is 5. The van der Waals surface area contributed by atoms with E-state index in [9.17, 15) is 9.18 Å². The number of hydrogen-bond acceptors (Lipinski definition) is 3. The Hall–Kier alpha value is -1.27. The first-order valence-corrected chi connectivity index (χ1v) is 9.57. The second-order valence-corrected chi connectivity index (χ2v) is 7.60. The molecular formula is C19H21Cl2FN2OS. The number of benzene rings is 2. The fraction of sp³-hybridized carbons (Fsp3) is 0.316. The summed E-state index contributed by atoms with van der Waals surface area (Å²) in [5, 5.41) is 6.11. The Labute approximate surface area is 168 Å². The van der Waals surface area contributed by atoms with E-state index >= 15 is 0 Å². The number of piperidine rings is 1. The van der Waals surface area contributed by atoms with Crippen molar-refractivity contribution in [2.24, 2.45) is 0 Å². The molecule has 0 bridgehead atoms. The number of nitrogens with one attached hydrogen (secondary N) is 2. The molecule has 26 heavy (non-hydrogen) atoms. The summed E-state index contributed by atoms with van der Waals surface area (Å²) < 4.78 is 13.4. The van der Waals surface area contributed by atoms with E-state index in [0.717, 1.165) is 36.4 Å². The van der Waals surface area contributed by atoms with Crippen molar-refractivity contribution in [3.05, 3.63) is 64.9 Å². The van der Waals surface area contributed by atoms with Gasteiger partial charge in [-0.25, -0.2) is 4.39 Å². The third-order valence-electron chi connectivity index (χ3n) is 4.17. The van der Waals surface area contributed by atoms with Crippen molar-refractivity contribution in [1.29, 1.82) is 0 Å². The topological polar surface area (TPSA) is 41.1 Å². The maximum atomic E-state index is 13.4. The first-order chi connectivity index (χ1) is 12.1. The number of hydrogen-bond donors (Lipinski definition) is 2. The van der Waals surface area contributed by atoms with Gasteiger partial charge in [-0.15, -0.1) is 24.2 Å². The maximum Gasteiger partial charge on any atom is 0.238 e. The van der Waals surface area contributed by atoms with Crippen molar-refractivity contribution in [2.75, 3.05) is 13.1 Å². The first-order valence-electron chi connectivity index (χ1n) is 8.31. The van der Waals surface area contributed by atoms with Crippen molar-refractivity contribution < 1.29 is 9.18 Å². The van der Waals surface area contributed by atoms with Crippen LogP contribution in [-0.2, 0) is 4.79 Å². The molecule has 7 heteroatoms. The average Bonchev–Trinajstić information content (AvgIpc) is 2.64. The van der Waals surface area contributed by atoms with Gasteiger partial charge in [0.05, 0.1) is 5.02 Å². The van der Waals surface area contributed by atoms with E-state index in [4.69, 9.17) is 11.6 Å². The lowest BCUT2D eigenvalue weighted by Gasteiger charge is -2.26. The molecule has 1 amide bonds. The SMILES string of the molecule is Cl.O=C(NC1CCNCC1)C(Sc1ccc(F)c(Cl)c1)c1ccccc1. The highest BCUT2D eigenvalue weighted by Crippen LogP contribution is 2.37. The van der Waals surface area contributed by atoms with Gasteiger partial charge in [0.1, 0.15) is 11.1 Å². The standard InChI is InChI=1S/C19H20ClFN2OS.ClH/c20-16-12-15(6-7-17(16)21)25-18(13-4-2-1-3-5-13)19(24)23-14-8-10-22-11-9-14;/h1-7,12,14,18,22H,8-11H2,(H,23,24);1H. The van der Waals surface area contributed by atoms with E-state index in [2.05, 4.69) is 10.6 Å². The summed E-state index contributed by atoms with van der Waals surface area (Å²) in [5.74, 6) is -0.481. The quantitative estimate of drug-likeness (QED) is 0.702. The predicted octanol–water partition coefficient (Wildman–Crippen LogP) is 4.60. The molecule has 0 aliphatic carbocycles. The average molecular weight is 415 g/mol. The second kappa shape index (κ2) is 10.2. The Kier molecular flexibility index (Phi) is 8.22. The summed E-state index contributed by atoms with van der Waals surface area (Å²) in [6, 6.07) is 14.4. The smallest absolute Gasteiger partial charge is 0.238 e. The minimum Gasteiger partial charge on any atom is -0.352 e. The van der Waals surface area contributed by atoms with Gasteiger partial charge in [-0.1, -0.05) is 41.9 Å². The number of carbonyl (C=O) groups excluding carboxylic acids is 1. The van der Waals surface area contributed by atoms with E-state index in [1.54, 1.807) is 12.1 Å². The lowest BCUT2D eigenvalue weighted by molar-refractivity contribution is -0.121. The number of carbonyl (C=O) groups is 1. The van der Waals surface area contributed by atoms with Crippen molar-refractivity contribution >= 4 is 41.7 Å². The van der Waals surface area contributed by atoms with E-state index in [-0.39, 0.29) is 29.4 Å². The van der Waals surface area contributed by atoms with E-state index in [1.807, 2.05) is 30.3 Å². The van der Waals surface area contributed by atoms with Gasteiger partial charge in [0.25, 0.3) is 0 Å². The molecule has 1 heterocycles. The molecule has 1 atom stereocenters. The summed E-state index contributed by atoms with van der Waals surface area (Å²) in [7, 11) is 0. The molecule has 3 rings (SSSR count). The molecule has 0 aromatic heterocycles. The van der Waals surface area contributed by atoms with Gasteiger partial charge < -0.3 is 10.6 Å². The molecule has 2 aromatic rings. The van der Waals surface area contributed by atoms with Crippen molar-refractivity contribution in [1.82, 2.24) is 10.6 Å². The predicted molar refractivity (Wildman–Crippen MR) is 108 cm³/mol. The molecule has 1 aliphatic heterocycles. The lowest BCUT2D eigenvalue weighted by atomic mass is 10.1. The van der Waals surface area contributed by atoms with Crippen LogP contribution >= 0.6 is 35.8 Å². The van der Waals surface area contributed by atoms with Crippen LogP contribution in [0.15, 0.2) is 53.4 Å². The first kappa shape index (κ1) is 21.0. The molecule has 140 valence electrons. The lowest BCUT2D eigenvalue weighted by Crippen LogP contribution is -2.44. The fourth-order valence-electron chi connectivity index (χ4n) is 2.83. The van der Waals surface area contributed by atoms with Gasteiger partial charge >= 0.3 is 0 Å². The molecule has 1 fully saturated rings. The largest absolute Gasteiger partial charge is 0.352 e. The van der Waals surface area contributed by atoms with E-state index in [1.165, 1.54) is 17.8 Å². The summed E-state index contributed by atoms with van der Waals surface area (Å²) >= 11 is 7.27. The summed E-state index contributed by atoms with van der Waals surface area (Å²) in [6.45, 7) is 1.84. The molecule has 1 saturated heterocycles. The van der Waals surface area contributed by atoms with Crippen LogP contribution in [0.1, 0.15) is 23.7 Å². The molecule has 1 aliphatic rings. The normalized spacial score (nSPS) is 15.8. The van der Waals surface area contributed by atoms with Gasteiger partial charge in [0.2, 0.25) is 5.91 Å². The highest BCUT2D eigenvalue weighted by molar-refractivity contribution is 8.00. The van der Waals surface area contributed by atoms with Crippen LogP contribution in [-0.4, -0.2) is 25.0 Å². The zero-order chi connectivity index (χ0) is 17.6. The van der Waals surface area contributed by atoms with Crippen LogP contribution in [0.2, 0.25) is 5.02 Å². The minimum atomic E-state index is -0.457. The number of amides is 1. The second-order valence-electron chi connectivity index (χ2n) is 6.02. The van der Waals surface area contributed by atoms with Crippen LogP contribution in [0.4, 0.5) is 4.39 Å². The van der Waals surface area contributed by atoms with Gasteiger partial charge in [0, 0.05) is 10.9 Å². The van der Waals surface area contributed by atoms with Gasteiger partial charge in [0.15, 0.2) is 0 Å². The Bertz CT molecular complexity index is 727. The Morgan fingerprint density at radius 1 is 1.19 bits per heavy atom. The Morgan fingerprint density at radius 2 is 1.88 bits per heavy atom. The summed E-state index contributed by atoms with van der Waals surface area (Å²) in [5.41, 5.74) is 0.916. The van der Waals surface area contributed by atoms with Crippen LogP contribution < -0.4 is 10.6 Å². The van der Waals surface area contributed by atoms with Crippen LogP contribution in [0.5, 0.6) is 0 Å². The summed E-state index contributed by atoms with van der Waals surface area (Å²) in [6.07, 6.45) is 1.86. The minimum absolute atomic E-state index is 0. The maximum absolute atomic E-state index is 13.4. The van der Waals surface area contributed by atoms with Crippen molar-refractivity contribution in [3.63, 3.8) is 0 Å². The van der Waals surface area contributed by atoms with E-state index < -0.39 is 11.1 Å². The highest BCUT2D eigenvalue weighted by Gasteiger charge is 2.25. The van der Waals surface area contributed by atoms with Crippen molar-refractivity contribution in [3.8, 4) is 0 Å². The molecule has 2 N–H and O–H groups in total. The Morgan fingerprint density at radius 3 is 2.54 bits per heavy atom. The zero-order valence-electron chi connectivity index (χ0n) is 14.1. The highest BCUT2D eigenvalue weighted by atomic mass is 35.5. The van der Waals surface area contributed by atoms with Gasteiger partial charge in [-0.05, 0) is 49.7 Å². The van der Waals surface area contributed by atoms with Gasteiger partial charge in [-0.2, -0.15) is 0 Å². The summed E-state index contributed by atoms with van der Waals surface area (Å²) in [4.78, 5) is 13.7. The molecule has 1 unspecified atom stereocenters. The molecular weight excluding hydrogens is 394 g/mol.